The summed E-state index contributed by atoms with van der Waals surface area (Å²) in [4.78, 5) is 0. The van der Waals surface area contributed by atoms with Crippen LogP contribution in [0.2, 0.25) is 0 Å². The van der Waals surface area contributed by atoms with Crippen LogP contribution in [0.3, 0.4) is 0 Å². The van der Waals surface area contributed by atoms with Crippen molar-refractivity contribution >= 4 is 0 Å². The normalized spacial score (nSPS) is 42.2. The Kier molecular flexibility index (Phi) is 3.95. The Balaban J connectivity index is 1.49. The van der Waals surface area contributed by atoms with Crippen molar-refractivity contribution in [3.63, 3.8) is 0 Å². The first-order chi connectivity index (χ1) is 9.01. The molecule has 5 atom stereocenters. The van der Waals surface area contributed by atoms with Gasteiger partial charge in [-0.05, 0) is 89.0 Å². The van der Waals surface area contributed by atoms with Crippen LogP contribution < -0.4 is 5.32 Å². The highest BCUT2D eigenvalue weighted by Gasteiger charge is 2.41. The molecule has 1 N–H and O–H groups in total. The maximum atomic E-state index is 3.75. The van der Waals surface area contributed by atoms with E-state index in [4.69, 9.17) is 0 Å². The van der Waals surface area contributed by atoms with Gasteiger partial charge >= 0.3 is 0 Å². The minimum absolute atomic E-state index is 0.291. The minimum Gasteiger partial charge on any atom is -0.312 e. The smallest absolute Gasteiger partial charge is 0.00966 e. The summed E-state index contributed by atoms with van der Waals surface area (Å²) in [5, 5.41) is 3.75. The van der Waals surface area contributed by atoms with Crippen molar-refractivity contribution in [3.8, 4) is 0 Å². The summed E-state index contributed by atoms with van der Waals surface area (Å²) >= 11 is 0. The number of fused-ring (bicyclic) bond motifs is 2. The van der Waals surface area contributed by atoms with Crippen LogP contribution in [0.1, 0.15) is 72.1 Å². The summed E-state index contributed by atoms with van der Waals surface area (Å²) in [5.74, 6) is 5.38. The SMILES string of the molecule is CC(C)(C)NCC1CCCC1CC1CC2CCC1C2. The van der Waals surface area contributed by atoms with Crippen LogP contribution in [-0.4, -0.2) is 12.1 Å². The molecule has 2 bridgehead atoms. The standard InChI is InChI=1S/C18H33N/c1-18(2,3)19-12-16-6-4-5-14(16)11-17-10-13-7-8-15(17)9-13/h13-17,19H,4-12H2,1-3H3. The third kappa shape index (κ3) is 3.35. The minimum atomic E-state index is 0.291. The summed E-state index contributed by atoms with van der Waals surface area (Å²) in [5.41, 5.74) is 0.291. The average molecular weight is 263 g/mol. The van der Waals surface area contributed by atoms with Gasteiger partial charge in [0.25, 0.3) is 0 Å². The lowest BCUT2D eigenvalue weighted by Crippen LogP contribution is -2.40. The molecule has 1 heteroatoms. The van der Waals surface area contributed by atoms with Crippen molar-refractivity contribution in [3.05, 3.63) is 0 Å². The van der Waals surface area contributed by atoms with Crippen LogP contribution in [0.5, 0.6) is 0 Å². The largest absolute Gasteiger partial charge is 0.312 e. The van der Waals surface area contributed by atoms with Crippen molar-refractivity contribution in [2.24, 2.45) is 29.6 Å². The van der Waals surface area contributed by atoms with Gasteiger partial charge in [0.05, 0.1) is 0 Å². The molecule has 1 nitrogen and oxygen atoms in total. The van der Waals surface area contributed by atoms with Crippen molar-refractivity contribution < 1.29 is 0 Å². The van der Waals surface area contributed by atoms with Crippen LogP contribution in [-0.2, 0) is 0 Å². The lowest BCUT2D eigenvalue weighted by Gasteiger charge is -2.30. The van der Waals surface area contributed by atoms with Gasteiger partial charge in [-0.15, -0.1) is 0 Å². The Morgan fingerprint density at radius 3 is 2.32 bits per heavy atom. The molecule has 0 aliphatic heterocycles. The van der Waals surface area contributed by atoms with Gasteiger partial charge in [-0.2, -0.15) is 0 Å². The highest BCUT2D eigenvalue weighted by Crippen LogP contribution is 2.52. The zero-order valence-corrected chi connectivity index (χ0v) is 13.3. The third-order valence-corrected chi connectivity index (χ3v) is 6.20. The first-order valence-corrected chi connectivity index (χ1v) is 8.76. The molecule has 3 aliphatic carbocycles. The van der Waals surface area contributed by atoms with Crippen LogP contribution in [0, 0.1) is 29.6 Å². The van der Waals surface area contributed by atoms with Crippen molar-refractivity contribution in [2.45, 2.75) is 77.7 Å². The van der Waals surface area contributed by atoms with Gasteiger partial charge in [0.1, 0.15) is 0 Å². The van der Waals surface area contributed by atoms with E-state index in [1.165, 1.54) is 25.8 Å². The monoisotopic (exact) mass is 263 g/mol. The maximum absolute atomic E-state index is 3.75. The molecule has 0 spiro atoms. The van der Waals surface area contributed by atoms with Crippen molar-refractivity contribution in [1.29, 1.82) is 0 Å². The van der Waals surface area contributed by atoms with E-state index < -0.39 is 0 Å². The first kappa shape index (κ1) is 13.9. The van der Waals surface area contributed by atoms with Gasteiger partial charge in [0, 0.05) is 5.54 Å². The number of hydrogen-bond donors (Lipinski definition) is 1. The molecule has 19 heavy (non-hydrogen) atoms. The fourth-order valence-electron chi connectivity index (χ4n) is 5.18. The Labute approximate surface area is 119 Å². The molecule has 3 fully saturated rings. The summed E-state index contributed by atoms with van der Waals surface area (Å²) in [6, 6.07) is 0. The Morgan fingerprint density at radius 1 is 0.895 bits per heavy atom. The summed E-state index contributed by atoms with van der Waals surface area (Å²) in [6.07, 6.45) is 12.3. The molecule has 0 heterocycles. The average Bonchev–Trinajstić information content (AvgIpc) is 3.01. The van der Waals surface area contributed by atoms with E-state index in [2.05, 4.69) is 26.1 Å². The van der Waals surface area contributed by atoms with Gasteiger partial charge in [-0.3, -0.25) is 0 Å². The molecule has 3 aliphatic rings. The molecule has 0 aromatic carbocycles. The molecular weight excluding hydrogens is 230 g/mol. The first-order valence-electron chi connectivity index (χ1n) is 8.76. The molecule has 3 rings (SSSR count). The van der Waals surface area contributed by atoms with Gasteiger partial charge in [0.2, 0.25) is 0 Å². The van der Waals surface area contributed by atoms with Crippen molar-refractivity contribution in [1.82, 2.24) is 5.32 Å². The third-order valence-electron chi connectivity index (χ3n) is 6.20. The van der Waals surface area contributed by atoms with E-state index in [1.54, 1.807) is 32.1 Å². The summed E-state index contributed by atoms with van der Waals surface area (Å²) in [7, 11) is 0. The second-order valence-corrected chi connectivity index (χ2v) is 8.75. The molecule has 0 saturated heterocycles. The lowest BCUT2D eigenvalue weighted by molar-refractivity contribution is 0.225. The number of rotatable bonds is 4. The second kappa shape index (κ2) is 5.39. The van der Waals surface area contributed by atoms with Crippen LogP contribution >= 0.6 is 0 Å². The van der Waals surface area contributed by atoms with Gasteiger partial charge in [-0.1, -0.05) is 19.3 Å². The van der Waals surface area contributed by atoms with Crippen LogP contribution in [0.25, 0.3) is 0 Å². The zero-order valence-electron chi connectivity index (χ0n) is 13.3. The lowest BCUT2D eigenvalue weighted by atomic mass is 9.79. The molecular formula is C18H33N. The summed E-state index contributed by atoms with van der Waals surface area (Å²) in [6.45, 7) is 8.15. The number of hydrogen-bond acceptors (Lipinski definition) is 1. The van der Waals surface area contributed by atoms with Gasteiger partial charge < -0.3 is 5.32 Å². The summed E-state index contributed by atoms with van der Waals surface area (Å²) < 4.78 is 0. The molecule has 0 aromatic rings. The van der Waals surface area contributed by atoms with E-state index in [0.717, 1.165) is 29.6 Å². The predicted molar refractivity (Wildman–Crippen MR) is 82.1 cm³/mol. The van der Waals surface area contributed by atoms with Gasteiger partial charge in [-0.25, -0.2) is 0 Å². The van der Waals surface area contributed by atoms with Crippen LogP contribution in [0.15, 0.2) is 0 Å². The molecule has 5 unspecified atom stereocenters. The van der Waals surface area contributed by atoms with E-state index >= 15 is 0 Å². The molecule has 0 aromatic heterocycles. The Bertz CT molecular complexity index is 303. The fourth-order valence-corrected chi connectivity index (χ4v) is 5.18. The predicted octanol–water partition coefficient (Wildman–Crippen LogP) is 4.62. The molecule has 110 valence electrons. The number of nitrogens with one attached hydrogen (secondary N) is 1. The zero-order chi connectivity index (χ0) is 13.5. The van der Waals surface area contributed by atoms with Crippen LogP contribution in [0.4, 0.5) is 0 Å². The Morgan fingerprint density at radius 2 is 1.68 bits per heavy atom. The fraction of sp³-hybridized carbons (Fsp3) is 1.00. The van der Waals surface area contributed by atoms with E-state index in [-0.39, 0.29) is 0 Å². The van der Waals surface area contributed by atoms with E-state index in [9.17, 15) is 0 Å². The highest BCUT2D eigenvalue weighted by atomic mass is 14.9. The topological polar surface area (TPSA) is 12.0 Å². The van der Waals surface area contributed by atoms with Gasteiger partial charge in [0.15, 0.2) is 0 Å². The highest BCUT2D eigenvalue weighted by molar-refractivity contribution is 4.93. The van der Waals surface area contributed by atoms with E-state index in [0.29, 0.717) is 5.54 Å². The Hall–Kier alpha value is -0.0400. The van der Waals surface area contributed by atoms with E-state index in [1.807, 2.05) is 0 Å². The second-order valence-electron chi connectivity index (χ2n) is 8.75. The maximum Gasteiger partial charge on any atom is 0.00966 e. The molecule has 3 saturated carbocycles. The molecule has 0 amide bonds. The quantitative estimate of drug-likeness (QED) is 0.780. The van der Waals surface area contributed by atoms with Crippen molar-refractivity contribution in [2.75, 3.05) is 6.54 Å². The molecule has 0 radical (unpaired) electrons.